The van der Waals surface area contributed by atoms with Gasteiger partial charge in [0, 0.05) is 0 Å². The summed E-state index contributed by atoms with van der Waals surface area (Å²) in [5.74, 6) is -2.34. The number of carbonyl (C=O) groups is 1. The van der Waals surface area contributed by atoms with Gasteiger partial charge in [0.05, 0.1) is 5.39 Å². The lowest BCUT2D eigenvalue weighted by Crippen LogP contribution is -2.07. The molecule has 2 aromatic rings. The monoisotopic (exact) mass is 222 g/mol. The van der Waals surface area contributed by atoms with Crippen LogP contribution in [-0.2, 0) is 0 Å². The topological polar surface area (TPSA) is 67.5 Å². The lowest BCUT2D eigenvalue weighted by molar-refractivity contribution is 0.0658. The van der Waals surface area contributed by atoms with Crippen LogP contribution in [0.2, 0.25) is 0 Å². The zero-order valence-electron chi connectivity index (χ0n) is 8.28. The number of aromatic carboxylic acids is 1. The van der Waals surface area contributed by atoms with E-state index in [1.165, 1.54) is 13.0 Å². The van der Waals surface area contributed by atoms with Gasteiger partial charge in [0.1, 0.15) is 5.82 Å². The number of carboxylic acids is 1. The molecule has 1 aromatic heterocycles. The Morgan fingerprint density at radius 2 is 2.06 bits per heavy atom. The highest BCUT2D eigenvalue weighted by Gasteiger charge is 2.13. The van der Waals surface area contributed by atoms with Gasteiger partial charge in [0.25, 0.3) is 0 Å². The van der Waals surface area contributed by atoms with Crippen molar-refractivity contribution in [3.63, 3.8) is 0 Å². The number of halogens is 1. The quantitative estimate of drug-likeness (QED) is 0.800. The van der Waals surface area contributed by atoms with Gasteiger partial charge in [-0.25, -0.2) is 14.0 Å². The zero-order valence-corrected chi connectivity index (χ0v) is 8.28. The van der Waals surface area contributed by atoms with Crippen LogP contribution < -0.4 is 5.63 Å². The summed E-state index contributed by atoms with van der Waals surface area (Å²) >= 11 is 0. The summed E-state index contributed by atoms with van der Waals surface area (Å²) in [6.45, 7) is 1.47. The highest BCUT2D eigenvalue weighted by molar-refractivity contribution is 5.92. The van der Waals surface area contributed by atoms with E-state index in [1.54, 1.807) is 0 Å². The molecule has 1 heterocycles. The lowest BCUT2D eigenvalue weighted by atomic mass is 10.1. The van der Waals surface area contributed by atoms with E-state index in [2.05, 4.69) is 4.42 Å². The molecule has 0 atom stereocenters. The Morgan fingerprint density at radius 1 is 1.38 bits per heavy atom. The minimum absolute atomic E-state index is 0.170. The molecular formula is C11H7FO4. The summed E-state index contributed by atoms with van der Waals surface area (Å²) in [6.07, 6.45) is 0. The number of fused-ring (bicyclic) bond motifs is 1. The average Bonchev–Trinajstić information content (AvgIpc) is 2.23. The Labute approximate surface area is 88.9 Å². The van der Waals surface area contributed by atoms with Crippen LogP contribution in [-0.4, -0.2) is 11.1 Å². The zero-order chi connectivity index (χ0) is 11.9. The fourth-order valence-corrected chi connectivity index (χ4v) is 1.49. The molecule has 5 heteroatoms. The second kappa shape index (κ2) is 3.44. The summed E-state index contributed by atoms with van der Waals surface area (Å²) in [6, 6.07) is 3.57. The van der Waals surface area contributed by atoms with Crippen LogP contribution in [0.3, 0.4) is 0 Å². The van der Waals surface area contributed by atoms with Crippen molar-refractivity contribution in [3.05, 3.63) is 45.8 Å². The number of rotatable bonds is 1. The normalized spacial score (nSPS) is 10.6. The number of hydrogen-bond donors (Lipinski definition) is 1. The molecule has 82 valence electrons. The predicted molar refractivity (Wildman–Crippen MR) is 54.1 cm³/mol. The van der Waals surface area contributed by atoms with Gasteiger partial charge in [0.15, 0.2) is 0 Å². The van der Waals surface area contributed by atoms with E-state index in [0.717, 1.165) is 12.1 Å². The van der Waals surface area contributed by atoms with Crippen molar-refractivity contribution in [2.45, 2.75) is 6.92 Å². The molecule has 0 bridgehead atoms. The Hall–Kier alpha value is -2.17. The molecule has 0 saturated carbocycles. The van der Waals surface area contributed by atoms with Gasteiger partial charge < -0.3 is 9.52 Å². The van der Waals surface area contributed by atoms with Gasteiger partial charge in [-0.1, -0.05) is 0 Å². The second-order valence-electron chi connectivity index (χ2n) is 3.34. The third-order valence-corrected chi connectivity index (χ3v) is 2.36. The molecule has 16 heavy (non-hydrogen) atoms. The molecule has 0 aliphatic rings. The van der Waals surface area contributed by atoms with Crippen molar-refractivity contribution in [2.24, 2.45) is 0 Å². The van der Waals surface area contributed by atoms with Crippen LogP contribution in [0, 0.1) is 12.7 Å². The maximum atomic E-state index is 13.2. The minimum Gasteiger partial charge on any atom is -0.475 e. The van der Waals surface area contributed by atoms with E-state index >= 15 is 0 Å². The summed E-state index contributed by atoms with van der Waals surface area (Å²) in [4.78, 5) is 22.1. The molecule has 0 fully saturated rings. The molecule has 0 aliphatic carbocycles. The van der Waals surface area contributed by atoms with E-state index in [4.69, 9.17) is 5.11 Å². The van der Waals surface area contributed by atoms with Gasteiger partial charge in [-0.2, -0.15) is 0 Å². The molecule has 1 aromatic carbocycles. The number of hydrogen-bond acceptors (Lipinski definition) is 3. The van der Waals surface area contributed by atoms with Gasteiger partial charge in [-0.15, -0.1) is 0 Å². The summed E-state index contributed by atoms with van der Waals surface area (Å²) < 4.78 is 17.8. The Bertz CT molecular complexity index is 642. The lowest BCUT2D eigenvalue weighted by Gasteiger charge is -2.02. The van der Waals surface area contributed by atoms with Crippen LogP contribution in [0.4, 0.5) is 4.39 Å². The Morgan fingerprint density at radius 3 is 2.69 bits per heavy atom. The maximum Gasteiger partial charge on any atom is 0.371 e. The van der Waals surface area contributed by atoms with Crippen LogP contribution in [0.15, 0.2) is 27.4 Å². The van der Waals surface area contributed by atoms with Gasteiger partial charge in [-0.05, 0) is 36.1 Å². The largest absolute Gasteiger partial charge is 0.475 e. The third-order valence-electron chi connectivity index (χ3n) is 2.36. The minimum atomic E-state index is -1.36. The van der Waals surface area contributed by atoms with Gasteiger partial charge >= 0.3 is 11.6 Å². The Balaban J connectivity index is 2.94. The molecule has 0 unspecified atom stereocenters. The molecule has 1 N–H and O–H groups in total. The molecule has 0 radical (unpaired) electrons. The van der Waals surface area contributed by atoms with E-state index in [0.29, 0.717) is 0 Å². The summed E-state index contributed by atoms with van der Waals surface area (Å²) in [7, 11) is 0. The molecule has 0 aliphatic heterocycles. The van der Waals surface area contributed by atoms with Crippen molar-refractivity contribution in [1.82, 2.24) is 0 Å². The second-order valence-corrected chi connectivity index (χ2v) is 3.34. The standard InChI is InChI=1S/C11H7FO4/c1-5-7-4-9(10(13)14)16-11(15)6(7)2-3-8(5)12/h2-4H,1H3,(H,13,14). The van der Waals surface area contributed by atoms with Gasteiger partial charge in [0.2, 0.25) is 5.76 Å². The van der Waals surface area contributed by atoms with Crippen molar-refractivity contribution < 1.29 is 18.7 Å². The van der Waals surface area contributed by atoms with Crippen LogP contribution in [0.1, 0.15) is 16.1 Å². The summed E-state index contributed by atoms with van der Waals surface area (Å²) in [5.41, 5.74) is -0.550. The fourth-order valence-electron chi connectivity index (χ4n) is 1.49. The van der Waals surface area contributed by atoms with Gasteiger partial charge in [-0.3, -0.25) is 0 Å². The highest BCUT2D eigenvalue weighted by Crippen LogP contribution is 2.19. The smallest absolute Gasteiger partial charge is 0.371 e. The van der Waals surface area contributed by atoms with E-state index in [1.807, 2.05) is 0 Å². The average molecular weight is 222 g/mol. The molecule has 0 spiro atoms. The predicted octanol–water partition coefficient (Wildman–Crippen LogP) is 1.94. The van der Waals surface area contributed by atoms with Crippen LogP contribution in [0.25, 0.3) is 10.8 Å². The molecule has 0 saturated heterocycles. The molecular weight excluding hydrogens is 215 g/mol. The molecule has 0 amide bonds. The highest BCUT2D eigenvalue weighted by atomic mass is 19.1. The fraction of sp³-hybridized carbons (Fsp3) is 0.0909. The first kappa shape index (κ1) is 10.4. The van der Waals surface area contributed by atoms with Crippen molar-refractivity contribution in [2.75, 3.05) is 0 Å². The first-order valence-corrected chi connectivity index (χ1v) is 4.47. The first-order valence-electron chi connectivity index (χ1n) is 4.47. The molecule has 2 rings (SSSR count). The molecule has 4 nitrogen and oxygen atoms in total. The number of benzene rings is 1. The maximum absolute atomic E-state index is 13.2. The van der Waals surface area contributed by atoms with E-state index in [-0.39, 0.29) is 16.3 Å². The number of carboxylic acid groups (broad SMARTS) is 1. The Kier molecular flexibility index (Phi) is 2.23. The number of aryl methyl sites for hydroxylation is 1. The van der Waals surface area contributed by atoms with Crippen molar-refractivity contribution >= 4 is 16.7 Å². The van der Waals surface area contributed by atoms with Crippen LogP contribution in [0.5, 0.6) is 0 Å². The van der Waals surface area contributed by atoms with Crippen molar-refractivity contribution in [3.8, 4) is 0 Å². The van der Waals surface area contributed by atoms with Crippen LogP contribution >= 0.6 is 0 Å². The third kappa shape index (κ3) is 1.46. The SMILES string of the molecule is Cc1c(F)ccc2c(=O)oc(C(=O)O)cc12. The van der Waals surface area contributed by atoms with Crippen molar-refractivity contribution in [1.29, 1.82) is 0 Å². The summed E-state index contributed by atoms with van der Waals surface area (Å²) in [5, 5.41) is 9.13. The van der Waals surface area contributed by atoms with E-state index < -0.39 is 23.2 Å². The van der Waals surface area contributed by atoms with E-state index in [9.17, 15) is 14.0 Å². The first-order chi connectivity index (χ1) is 7.50.